The minimum absolute atomic E-state index is 0.00145. The van der Waals surface area contributed by atoms with Gasteiger partial charge in [0.05, 0.1) is 17.8 Å². The number of ether oxygens (including phenoxy) is 2. The molecule has 0 radical (unpaired) electrons. The number of hydrogen-bond acceptors (Lipinski definition) is 9. The largest absolute Gasteiger partial charge is 0.508 e. The maximum atomic E-state index is 14.3. The van der Waals surface area contributed by atoms with E-state index in [1.807, 2.05) is 31.2 Å². The Morgan fingerprint density at radius 1 is 1.04 bits per heavy atom. The van der Waals surface area contributed by atoms with Gasteiger partial charge in [-0.25, -0.2) is 14.4 Å². The number of aryl methyl sites for hydroxylation is 1. The predicted molar refractivity (Wildman–Crippen MR) is 176 cm³/mol. The number of pyridine rings is 1. The zero-order valence-electron chi connectivity index (χ0n) is 26.2. The summed E-state index contributed by atoms with van der Waals surface area (Å²) in [5.41, 5.74) is 3.20. The number of halogens is 1. The molecule has 1 aliphatic carbocycles. The van der Waals surface area contributed by atoms with Crippen molar-refractivity contribution in [2.24, 2.45) is 0 Å². The van der Waals surface area contributed by atoms with Crippen LogP contribution in [0.2, 0.25) is 0 Å². The Hall–Kier alpha value is -4.39. The summed E-state index contributed by atoms with van der Waals surface area (Å²) in [6.45, 7) is 5.65. The van der Waals surface area contributed by atoms with E-state index in [2.05, 4.69) is 25.5 Å². The second kappa shape index (κ2) is 15.0. The number of amides is 2. The number of thiazole rings is 1. The van der Waals surface area contributed by atoms with E-state index >= 15 is 0 Å². The van der Waals surface area contributed by atoms with Crippen molar-refractivity contribution in [3.8, 4) is 28.5 Å². The first-order valence-corrected chi connectivity index (χ1v) is 16.8. The number of aromatic hydroxyl groups is 1. The van der Waals surface area contributed by atoms with Gasteiger partial charge in [-0.15, -0.1) is 11.3 Å². The van der Waals surface area contributed by atoms with Crippen LogP contribution < -0.4 is 15.4 Å². The highest BCUT2D eigenvalue weighted by Gasteiger charge is 2.26. The fourth-order valence-electron chi connectivity index (χ4n) is 6.07. The average Bonchev–Trinajstić information content (AvgIpc) is 3.34. The van der Waals surface area contributed by atoms with Gasteiger partial charge >= 0.3 is 0 Å². The number of benzene rings is 2. The molecule has 0 bridgehead atoms. The summed E-state index contributed by atoms with van der Waals surface area (Å²) in [5, 5.41) is 18.9. The van der Waals surface area contributed by atoms with Crippen molar-refractivity contribution in [1.82, 2.24) is 25.5 Å². The Morgan fingerprint density at radius 3 is 2.60 bits per heavy atom. The molecule has 2 aromatic carbocycles. The molecule has 2 aromatic heterocycles. The lowest BCUT2D eigenvalue weighted by Gasteiger charge is -2.29. The van der Waals surface area contributed by atoms with Gasteiger partial charge in [0, 0.05) is 43.7 Å². The molecule has 2 amide bonds. The van der Waals surface area contributed by atoms with Crippen LogP contribution in [0.4, 0.5) is 4.39 Å². The van der Waals surface area contributed by atoms with Gasteiger partial charge in [0.2, 0.25) is 5.88 Å². The number of nitrogens with one attached hydrogen (secondary N) is 2. The van der Waals surface area contributed by atoms with Crippen molar-refractivity contribution in [3.63, 3.8) is 0 Å². The van der Waals surface area contributed by atoms with E-state index in [-0.39, 0.29) is 35.2 Å². The number of phenolic OH excluding ortho intramolecular Hbond substituents is 1. The molecule has 2 fully saturated rings. The lowest BCUT2D eigenvalue weighted by Crippen LogP contribution is -2.44. The van der Waals surface area contributed by atoms with Gasteiger partial charge in [0.25, 0.3) is 11.8 Å². The fraction of sp³-hybridized carbons (Fsp3) is 0.371. The quantitative estimate of drug-likeness (QED) is 0.205. The molecule has 1 saturated heterocycles. The van der Waals surface area contributed by atoms with E-state index in [9.17, 15) is 19.1 Å². The third-order valence-corrected chi connectivity index (χ3v) is 9.24. The predicted octanol–water partition coefficient (Wildman–Crippen LogP) is 5.84. The standard InChI is InChI=1S/C35H38FN5O5S/c1-22-38-32(21-47-22)34(44)40-27-8-6-26(7-9-27)39-33(43)31-18-25(36)19-37-35(31)46-29-5-2-4-23(17-29)30-11-10-28(42)16-24(30)20-41-12-3-14-45-15-13-41/h2,4-5,10-11,16-19,21,26-27,42H,3,6-9,12-15,20H2,1H3,(H,39,43)(H,40,44). The molecule has 47 heavy (non-hydrogen) atoms. The van der Waals surface area contributed by atoms with Crippen LogP contribution >= 0.6 is 11.3 Å². The Morgan fingerprint density at radius 2 is 1.83 bits per heavy atom. The number of aromatic nitrogens is 2. The molecule has 3 heterocycles. The van der Waals surface area contributed by atoms with Crippen LogP contribution in [0.1, 0.15) is 63.5 Å². The first-order valence-electron chi connectivity index (χ1n) is 15.9. The lowest BCUT2D eigenvalue weighted by atomic mass is 9.91. The molecule has 1 saturated carbocycles. The van der Waals surface area contributed by atoms with Crippen molar-refractivity contribution in [3.05, 3.63) is 87.8 Å². The normalized spacial score (nSPS) is 18.7. The molecule has 0 atom stereocenters. The number of hydrogen-bond donors (Lipinski definition) is 3. The molecule has 4 aromatic rings. The Bertz CT molecular complexity index is 1720. The zero-order chi connectivity index (χ0) is 32.8. The van der Waals surface area contributed by atoms with Gasteiger partial charge < -0.3 is 25.2 Å². The summed E-state index contributed by atoms with van der Waals surface area (Å²) in [5.74, 6) is -0.686. The van der Waals surface area contributed by atoms with Gasteiger partial charge in [0.15, 0.2) is 0 Å². The van der Waals surface area contributed by atoms with Crippen LogP contribution in [-0.2, 0) is 11.3 Å². The van der Waals surface area contributed by atoms with E-state index in [1.54, 1.807) is 23.6 Å². The van der Waals surface area contributed by atoms with Crippen molar-refractivity contribution in [2.45, 2.75) is 57.7 Å². The Balaban J connectivity index is 1.12. The van der Waals surface area contributed by atoms with Gasteiger partial charge in [-0.1, -0.05) is 18.2 Å². The smallest absolute Gasteiger partial charge is 0.270 e. The molecule has 2 aliphatic rings. The van der Waals surface area contributed by atoms with Crippen molar-refractivity contribution < 1.29 is 28.6 Å². The number of carbonyl (C=O) groups excluding carboxylic acids is 2. The number of carbonyl (C=O) groups is 2. The Labute approximate surface area is 277 Å². The van der Waals surface area contributed by atoms with Crippen LogP contribution in [0.3, 0.4) is 0 Å². The van der Waals surface area contributed by atoms with Gasteiger partial charge in [-0.3, -0.25) is 14.5 Å². The second-order valence-corrected chi connectivity index (χ2v) is 13.0. The third-order valence-electron chi connectivity index (χ3n) is 8.47. The van der Waals surface area contributed by atoms with E-state index in [4.69, 9.17) is 9.47 Å². The van der Waals surface area contributed by atoms with Crippen LogP contribution in [0.25, 0.3) is 11.1 Å². The van der Waals surface area contributed by atoms with Crippen LogP contribution in [0.5, 0.6) is 17.4 Å². The van der Waals surface area contributed by atoms with Gasteiger partial charge in [0.1, 0.15) is 28.6 Å². The molecule has 0 unspecified atom stereocenters. The van der Waals surface area contributed by atoms with Crippen molar-refractivity contribution in [2.75, 3.05) is 26.3 Å². The van der Waals surface area contributed by atoms with Crippen LogP contribution in [0, 0.1) is 12.7 Å². The molecule has 3 N–H and O–H groups in total. The Kier molecular flexibility index (Phi) is 10.4. The third kappa shape index (κ3) is 8.51. The van der Waals surface area contributed by atoms with E-state index in [0.29, 0.717) is 50.3 Å². The summed E-state index contributed by atoms with van der Waals surface area (Å²) < 4.78 is 26.0. The molecule has 10 nitrogen and oxygen atoms in total. The minimum atomic E-state index is -0.646. The van der Waals surface area contributed by atoms with E-state index in [1.165, 1.54) is 11.3 Å². The van der Waals surface area contributed by atoms with E-state index < -0.39 is 11.7 Å². The maximum absolute atomic E-state index is 14.3. The lowest BCUT2D eigenvalue weighted by molar-refractivity contribution is 0.0888. The highest BCUT2D eigenvalue weighted by Crippen LogP contribution is 2.33. The molecule has 1 aliphatic heterocycles. The van der Waals surface area contributed by atoms with Gasteiger partial charge in [-0.2, -0.15) is 0 Å². The highest BCUT2D eigenvalue weighted by molar-refractivity contribution is 7.09. The SMILES string of the molecule is Cc1nc(C(=O)NC2CCC(NC(=O)c3cc(F)cnc3Oc3cccc(-c4ccc(O)cc4CN4CCCOCC4)c3)CC2)cs1. The summed E-state index contributed by atoms with van der Waals surface area (Å²) in [6.07, 6.45) is 4.69. The summed E-state index contributed by atoms with van der Waals surface area (Å²) in [4.78, 5) is 36.6. The van der Waals surface area contributed by atoms with Crippen molar-refractivity contribution >= 4 is 23.2 Å². The molecular weight excluding hydrogens is 621 g/mol. The monoisotopic (exact) mass is 659 g/mol. The number of rotatable bonds is 9. The fourth-order valence-corrected chi connectivity index (χ4v) is 6.66. The molecule has 246 valence electrons. The molecule has 12 heteroatoms. The topological polar surface area (TPSA) is 126 Å². The van der Waals surface area contributed by atoms with Gasteiger partial charge in [-0.05, 0) is 86.1 Å². The number of nitrogens with zero attached hydrogens (tertiary/aromatic N) is 3. The average molecular weight is 660 g/mol. The summed E-state index contributed by atoms with van der Waals surface area (Å²) in [6, 6.07) is 13.7. The summed E-state index contributed by atoms with van der Waals surface area (Å²) >= 11 is 1.43. The second-order valence-electron chi connectivity index (χ2n) is 12.0. The van der Waals surface area contributed by atoms with E-state index in [0.717, 1.165) is 60.1 Å². The summed E-state index contributed by atoms with van der Waals surface area (Å²) in [7, 11) is 0. The van der Waals surface area contributed by atoms with Crippen LogP contribution in [0.15, 0.2) is 60.1 Å². The van der Waals surface area contributed by atoms with Crippen molar-refractivity contribution in [1.29, 1.82) is 0 Å². The molecule has 6 rings (SSSR count). The first-order chi connectivity index (χ1) is 22.8. The number of phenols is 1. The zero-order valence-corrected chi connectivity index (χ0v) is 27.0. The minimum Gasteiger partial charge on any atom is -0.508 e. The van der Waals surface area contributed by atoms with Crippen LogP contribution in [-0.4, -0.2) is 70.2 Å². The first kappa shape index (κ1) is 32.5. The highest BCUT2D eigenvalue weighted by atomic mass is 32.1. The maximum Gasteiger partial charge on any atom is 0.270 e. The molecular formula is C35H38FN5O5S. The molecule has 0 spiro atoms.